The normalized spacial score (nSPS) is 16.2. The molecule has 14 heavy (non-hydrogen) atoms. The third-order valence-electron chi connectivity index (χ3n) is 2.46. The predicted molar refractivity (Wildman–Crippen MR) is 62.1 cm³/mol. The molecule has 2 rings (SSSR count). The fourth-order valence-corrected chi connectivity index (χ4v) is 2.38. The smallest absolute Gasteiger partial charge is 0.128 e. The van der Waals surface area contributed by atoms with E-state index in [0.717, 1.165) is 11.6 Å². The van der Waals surface area contributed by atoms with Crippen LogP contribution < -0.4 is 4.90 Å². The Labute approximate surface area is 89.7 Å². The third kappa shape index (κ3) is 2.21. The van der Waals surface area contributed by atoms with Gasteiger partial charge in [-0.15, -0.1) is 11.8 Å². The molecule has 76 valence electrons. The molecule has 3 heteroatoms. The first-order valence-electron chi connectivity index (χ1n) is 5.24. The van der Waals surface area contributed by atoms with Crippen molar-refractivity contribution in [2.24, 2.45) is 0 Å². The maximum Gasteiger partial charge on any atom is 0.128 e. The van der Waals surface area contributed by atoms with E-state index in [2.05, 4.69) is 28.9 Å². The highest BCUT2D eigenvalue weighted by Gasteiger charge is 2.12. The molecule has 1 aliphatic rings. The maximum atomic E-state index is 4.48. The first-order valence-corrected chi connectivity index (χ1v) is 6.22. The van der Waals surface area contributed by atoms with Crippen molar-refractivity contribution in [1.82, 2.24) is 4.98 Å². The van der Waals surface area contributed by atoms with Crippen LogP contribution in [0.1, 0.15) is 19.8 Å². The Balaban J connectivity index is 2.05. The van der Waals surface area contributed by atoms with Gasteiger partial charge in [0.15, 0.2) is 0 Å². The van der Waals surface area contributed by atoms with Crippen LogP contribution in [-0.4, -0.2) is 23.8 Å². The number of nitrogens with zero attached hydrogens (tertiary/aromatic N) is 2. The van der Waals surface area contributed by atoms with Crippen LogP contribution >= 0.6 is 11.8 Å². The number of hydrogen-bond donors (Lipinski definition) is 0. The Kier molecular flexibility index (Phi) is 3.30. The molecule has 0 amide bonds. The molecule has 0 aromatic carbocycles. The fourth-order valence-electron chi connectivity index (χ4n) is 1.76. The van der Waals surface area contributed by atoms with Gasteiger partial charge in [0.2, 0.25) is 0 Å². The largest absolute Gasteiger partial charge is 0.357 e. The van der Waals surface area contributed by atoms with Crippen LogP contribution in [0, 0.1) is 0 Å². The minimum absolute atomic E-state index is 1.12. The summed E-state index contributed by atoms with van der Waals surface area (Å²) in [6.45, 7) is 4.51. The number of thioether (sulfide) groups is 1. The zero-order valence-corrected chi connectivity index (χ0v) is 9.39. The Hall–Kier alpha value is -0.700. The molecular formula is C11H16N2S. The van der Waals surface area contributed by atoms with E-state index in [1.165, 1.54) is 30.8 Å². The predicted octanol–water partition coefficient (Wildman–Crippen LogP) is 2.79. The van der Waals surface area contributed by atoms with E-state index in [-0.39, 0.29) is 0 Å². The highest BCUT2D eigenvalue weighted by Crippen LogP contribution is 2.21. The third-order valence-corrected chi connectivity index (χ3v) is 3.33. The Morgan fingerprint density at radius 1 is 1.36 bits per heavy atom. The van der Waals surface area contributed by atoms with Crippen LogP contribution in [0.3, 0.4) is 0 Å². The second-order valence-corrected chi connectivity index (χ2v) is 4.82. The average Bonchev–Trinajstić information content (AvgIpc) is 2.72. The van der Waals surface area contributed by atoms with Crippen molar-refractivity contribution in [2.75, 3.05) is 23.7 Å². The van der Waals surface area contributed by atoms with Crippen LogP contribution in [0.25, 0.3) is 0 Å². The molecule has 0 unspecified atom stereocenters. The van der Waals surface area contributed by atoms with Gasteiger partial charge in [0.05, 0.1) is 0 Å². The number of pyridine rings is 1. The molecule has 1 saturated heterocycles. The minimum atomic E-state index is 1.12. The van der Waals surface area contributed by atoms with Crippen LogP contribution in [0.2, 0.25) is 0 Å². The lowest BCUT2D eigenvalue weighted by molar-refractivity contribution is 0.932. The number of hydrogen-bond acceptors (Lipinski definition) is 3. The summed E-state index contributed by atoms with van der Waals surface area (Å²) in [7, 11) is 0. The first kappa shape index (κ1) is 9.84. The molecule has 2 nitrogen and oxygen atoms in total. The highest BCUT2D eigenvalue weighted by molar-refractivity contribution is 7.99. The van der Waals surface area contributed by atoms with Gasteiger partial charge in [0.25, 0.3) is 0 Å². The molecule has 0 radical (unpaired) electrons. The van der Waals surface area contributed by atoms with Gasteiger partial charge in [-0.05, 0) is 30.7 Å². The van der Waals surface area contributed by atoms with Gasteiger partial charge in [-0.1, -0.05) is 6.92 Å². The monoisotopic (exact) mass is 208 g/mol. The second-order valence-electron chi connectivity index (χ2n) is 3.48. The van der Waals surface area contributed by atoms with Gasteiger partial charge in [-0.3, -0.25) is 0 Å². The minimum Gasteiger partial charge on any atom is -0.357 e. The molecule has 1 aromatic heterocycles. The first-order chi connectivity index (χ1) is 6.90. The average molecular weight is 208 g/mol. The van der Waals surface area contributed by atoms with E-state index in [1.807, 2.05) is 18.0 Å². The summed E-state index contributed by atoms with van der Waals surface area (Å²) in [5, 5.41) is 0. The molecule has 1 aliphatic heterocycles. The molecule has 0 spiro atoms. The van der Waals surface area contributed by atoms with Crippen molar-refractivity contribution in [3.63, 3.8) is 0 Å². The summed E-state index contributed by atoms with van der Waals surface area (Å²) in [6.07, 6.45) is 4.61. The van der Waals surface area contributed by atoms with Crippen LogP contribution in [0.4, 0.5) is 5.82 Å². The van der Waals surface area contributed by atoms with Crippen molar-refractivity contribution < 1.29 is 0 Å². The Bertz CT molecular complexity index is 278. The summed E-state index contributed by atoms with van der Waals surface area (Å²) in [6, 6.07) is 4.32. The summed E-state index contributed by atoms with van der Waals surface area (Å²) >= 11 is 1.85. The van der Waals surface area contributed by atoms with E-state index in [0.29, 0.717) is 0 Å². The number of aromatic nitrogens is 1. The van der Waals surface area contributed by atoms with Crippen molar-refractivity contribution in [3.05, 3.63) is 18.3 Å². The van der Waals surface area contributed by atoms with Gasteiger partial charge in [-0.25, -0.2) is 4.98 Å². The van der Waals surface area contributed by atoms with Gasteiger partial charge in [0.1, 0.15) is 5.82 Å². The summed E-state index contributed by atoms with van der Waals surface area (Å²) in [5.41, 5.74) is 0. The lowest BCUT2D eigenvalue weighted by Gasteiger charge is -2.15. The molecule has 0 N–H and O–H groups in total. The zero-order chi connectivity index (χ0) is 9.80. The Morgan fingerprint density at radius 3 is 2.71 bits per heavy atom. The molecule has 0 saturated carbocycles. The lowest BCUT2D eigenvalue weighted by Crippen LogP contribution is -2.18. The topological polar surface area (TPSA) is 16.1 Å². The van der Waals surface area contributed by atoms with E-state index < -0.39 is 0 Å². The SMILES string of the molecule is CCSc1ccc(N2CCCC2)nc1. The molecule has 1 aromatic rings. The molecule has 2 heterocycles. The maximum absolute atomic E-state index is 4.48. The van der Waals surface area contributed by atoms with Gasteiger partial charge < -0.3 is 4.90 Å². The second kappa shape index (κ2) is 4.69. The van der Waals surface area contributed by atoms with Gasteiger partial charge >= 0.3 is 0 Å². The fraction of sp³-hybridized carbons (Fsp3) is 0.545. The van der Waals surface area contributed by atoms with Crippen LogP contribution in [0.15, 0.2) is 23.2 Å². The lowest BCUT2D eigenvalue weighted by atomic mass is 10.4. The van der Waals surface area contributed by atoms with E-state index in [9.17, 15) is 0 Å². The highest BCUT2D eigenvalue weighted by atomic mass is 32.2. The summed E-state index contributed by atoms with van der Waals surface area (Å²) in [4.78, 5) is 8.12. The van der Waals surface area contributed by atoms with Gasteiger partial charge in [0, 0.05) is 24.2 Å². The van der Waals surface area contributed by atoms with Crippen LogP contribution in [-0.2, 0) is 0 Å². The van der Waals surface area contributed by atoms with Crippen LogP contribution in [0.5, 0.6) is 0 Å². The number of anilines is 1. The van der Waals surface area contributed by atoms with E-state index in [4.69, 9.17) is 0 Å². The zero-order valence-electron chi connectivity index (χ0n) is 8.57. The van der Waals surface area contributed by atoms with E-state index in [1.54, 1.807) is 0 Å². The van der Waals surface area contributed by atoms with Gasteiger partial charge in [-0.2, -0.15) is 0 Å². The molecule has 0 aliphatic carbocycles. The molecule has 1 fully saturated rings. The molecule has 0 bridgehead atoms. The number of rotatable bonds is 3. The Morgan fingerprint density at radius 2 is 2.14 bits per heavy atom. The van der Waals surface area contributed by atoms with Crippen molar-refractivity contribution in [3.8, 4) is 0 Å². The summed E-state index contributed by atoms with van der Waals surface area (Å²) in [5.74, 6) is 2.26. The van der Waals surface area contributed by atoms with E-state index >= 15 is 0 Å². The molecule has 0 atom stereocenters. The van der Waals surface area contributed by atoms with Crippen molar-refractivity contribution in [2.45, 2.75) is 24.7 Å². The molecular weight excluding hydrogens is 192 g/mol. The summed E-state index contributed by atoms with van der Waals surface area (Å²) < 4.78 is 0. The van der Waals surface area contributed by atoms with Crippen molar-refractivity contribution in [1.29, 1.82) is 0 Å². The quantitative estimate of drug-likeness (QED) is 0.711. The standard InChI is InChI=1S/C11H16N2S/c1-2-14-10-5-6-11(12-9-10)13-7-3-4-8-13/h5-6,9H,2-4,7-8H2,1H3. The van der Waals surface area contributed by atoms with Crippen molar-refractivity contribution >= 4 is 17.6 Å².